The Morgan fingerprint density at radius 3 is 3.00 bits per heavy atom. The zero-order chi connectivity index (χ0) is 12.3. The van der Waals surface area contributed by atoms with E-state index in [4.69, 9.17) is 0 Å². The average Bonchev–Trinajstić information content (AvgIpc) is 2.34. The van der Waals surface area contributed by atoms with Gasteiger partial charge in [-0.05, 0) is 53.7 Å². The van der Waals surface area contributed by atoms with E-state index in [1.54, 1.807) is 6.20 Å². The van der Waals surface area contributed by atoms with Gasteiger partial charge in [0, 0.05) is 12.1 Å². The molecule has 1 amide bonds. The number of halogens is 1. The summed E-state index contributed by atoms with van der Waals surface area (Å²) in [5.41, 5.74) is 1.07. The second-order valence-electron chi connectivity index (χ2n) is 4.31. The molecule has 1 aliphatic rings. The molecule has 1 N–H and O–H groups in total. The van der Waals surface area contributed by atoms with Crippen LogP contribution in [0.3, 0.4) is 0 Å². The van der Waals surface area contributed by atoms with Crippen LogP contribution >= 0.6 is 15.9 Å². The minimum atomic E-state index is 0.0615. The van der Waals surface area contributed by atoms with Crippen LogP contribution < -0.4 is 5.32 Å². The highest BCUT2D eigenvalue weighted by Gasteiger charge is 2.19. The summed E-state index contributed by atoms with van der Waals surface area (Å²) in [6.07, 6.45) is 8.69. The van der Waals surface area contributed by atoms with Crippen molar-refractivity contribution in [2.45, 2.75) is 26.2 Å². The molecule has 1 heterocycles. The second-order valence-corrected chi connectivity index (χ2v) is 5.17. The molecule has 0 radical (unpaired) electrons. The smallest absolute Gasteiger partial charge is 0.228 e. The van der Waals surface area contributed by atoms with Crippen molar-refractivity contribution in [3.63, 3.8) is 0 Å². The number of hydrogen-bond acceptors (Lipinski definition) is 2. The van der Waals surface area contributed by atoms with Crippen molar-refractivity contribution in [2.75, 3.05) is 5.32 Å². The summed E-state index contributed by atoms with van der Waals surface area (Å²) in [5.74, 6) is 0.747. The predicted octanol–water partition coefficient (Wildman–Crippen LogP) is 3.45. The fraction of sp³-hybridized carbons (Fsp3) is 0.385. The van der Waals surface area contributed by atoms with E-state index in [9.17, 15) is 4.79 Å². The molecule has 4 heteroatoms. The molecule has 0 aromatic carbocycles. The minimum absolute atomic E-state index is 0.0615. The number of aromatic nitrogens is 1. The summed E-state index contributed by atoms with van der Waals surface area (Å²) in [6, 6.07) is 1.95. The number of anilines is 1. The average molecular weight is 295 g/mol. The SMILES string of the molecule is Cc1cnc(NC(=O)[C@H]2CC=CCC2)c(Br)c1. The number of pyridine rings is 1. The lowest BCUT2D eigenvalue weighted by Crippen LogP contribution is -2.24. The number of aryl methyl sites for hydroxylation is 1. The fourth-order valence-electron chi connectivity index (χ4n) is 1.88. The van der Waals surface area contributed by atoms with Crippen molar-refractivity contribution in [3.05, 3.63) is 34.5 Å². The van der Waals surface area contributed by atoms with Crippen LogP contribution in [0.25, 0.3) is 0 Å². The van der Waals surface area contributed by atoms with Crippen molar-refractivity contribution in [1.29, 1.82) is 0 Å². The van der Waals surface area contributed by atoms with Gasteiger partial charge in [0.1, 0.15) is 5.82 Å². The lowest BCUT2D eigenvalue weighted by atomic mass is 9.94. The van der Waals surface area contributed by atoms with E-state index >= 15 is 0 Å². The van der Waals surface area contributed by atoms with Crippen LogP contribution in [0.1, 0.15) is 24.8 Å². The van der Waals surface area contributed by atoms with E-state index < -0.39 is 0 Å². The first-order valence-corrected chi connectivity index (χ1v) is 6.54. The van der Waals surface area contributed by atoms with Crippen LogP contribution in [0.4, 0.5) is 5.82 Å². The molecule has 3 nitrogen and oxygen atoms in total. The van der Waals surface area contributed by atoms with Gasteiger partial charge in [0.15, 0.2) is 0 Å². The van der Waals surface area contributed by atoms with Gasteiger partial charge in [-0.25, -0.2) is 4.98 Å². The van der Waals surface area contributed by atoms with Crippen LogP contribution in [0.15, 0.2) is 28.9 Å². The number of nitrogens with zero attached hydrogens (tertiary/aromatic N) is 1. The van der Waals surface area contributed by atoms with Crippen molar-refractivity contribution in [2.24, 2.45) is 5.92 Å². The van der Waals surface area contributed by atoms with Crippen molar-refractivity contribution >= 4 is 27.7 Å². The van der Waals surface area contributed by atoms with E-state index in [1.165, 1.54) is 0 Å². The molecule has 0 unspecified atom stereocenters. The summed E-state index contributed by atoms with van der Waals surface area (Å²) in [7, 11) is 0. The normalized spacial score (nSPS) is 19.1. The van der Waals surface area contributed by atoms with Gasteiger partial charge in [-0.1, -0.05) is 12.2 Å². The molecule has 1 aromatic rings. The molecule has 2 rings (SSSR count). The molecule has 0 aliphatic heterocycles. The van der Waals surface area contributed by atoms with Crippen LogP contribution in [0, 0.1) is 12.8 Å². The predicted molar refractivity (Wildman–Crippen MR) is 71.8 cm³/mol. The van der Waals surface area contributed by atoms with Gasteiger partial charge in [-0.15, -0.1) is 0 Å². The highest BCUT2D eigenvalue weighted by Crippen LogP contribution is 2.24. The molecule has 0 fully saturated rings. The number of nitrogens with one attached hydrogen (secondary N) is 1. The van der Waals surface area contributed by atoms with Crippen molar-refractivity contribution in [3.8, 4) is 0 Å². The van der Waals surface area contributed by atoms with E-state index in [0.29, 0.717) is 5.82 Å². The van der Waals surface area contributed by atoms with E-state index in [1.807, 2.05) is 13.0 Å². The van der Waals surface area contributed by atoms with Gasteiger partial charge in [-0.2, -0.15) is 0 Å². The molecule has 0 saturated heterocycles. The Morgan fingerprint density at radius 2 is 2.35 bits per heavy atom. The molecule has 0 spiro atoms. The topological polar surface area (TPSA) is 42.0 Å². The van der Waals surface area contributed by atoms with Gasteiger partial charge in [-0.3, -0.25) is 4.79 Å². The Bertz CT molecular complexity index is 457. The molecular weight excluding hydrogens is 280 g/mol. The van der Waals surface area contributed by atoms with Gasteiger partial charge in [0.25, 0.3) is 0 Å². The number of rotatable bonds is 2. The first-order chi connectivity index (χ1) is 8.16. The molecule has 17 heavy (non-hydrogen) atoms. The second kappa shape index (κ2) is 5.45. The third-order valence-corrected chi connectivity index (χ3v) is 3.46. The van der Waals surface area contributed by atoms with Crippen LogP contribution in [0.2, 0.25) is 0 Å². The number of allylic oxidation sites excluding steroid dienone is 2. The zero-order valence-corrected chi connectivity index (χ0v) is 11.3. The summed E-state index contributed by atoms with van der Waals surface area (Å²) < 4.78 is 0.831. The number of carbonyl (C=O) groups is 1. The monoisotopic (exact) mass is 294 g/mol. The van der Waals surface area contributed by atoms with Crippen molar-refractivity contribution < 1.29 is 4.79 Å². The molecule has 1 aromatic heterocycles. The molecular formula is C13H15BrN2O. The first-order valence-electron chi connectivity index (χ1n) is 5.75. The van der Waals surface area contributed by atoms with Gasteiger partial charge in [0.05, 0.1) is 4.47 Å². The van der Waals surface area contributed by atoms with E-state index in [-0.39, 0.29) is 11.8 Å². The Hall–Kier alpha value is -1.16. The number of amides is 1. The Balaban J connectivity index is 2.05. The molecule has 1 atom stereocenters. The largest absolute Gasteiger partial charge is 0.310 e. The van der Waals surface area contributed by atoms with Crippen molar-refractivity contribution in [1.82, 2.24) is 4.98 Å². The van der Waals surface area contributed by atoms with Crippen LogP contribution in [-0.2, 0) is 4.79 Å². The number of hydrogen-bond donors (Lipinski definition) is 1. The molecule has 0 bridgehead atoms. The van der Waals surface area contributed by atoms with Gasteiger partial charge >= 0.3 is 0 Å². The standard InChI is InChI=1S/C13H15BrN2O/c1-9-7-11(14)12(15-8-9)16-13(17)10-5-3-2-4-6-10/h2-3,7-8,10H,4-6H2,1H3,(H,15,16,17)/t10-/m0/s1. The fourth-order valence-corrected chi connectivity index (χ4v) is 2.44. The maximum absolute atomic E-state index is 12.0. The summed E-state index contributed by atoms with van der Waals surface area (Å²) >= 11 is 3.41. The Kier molecular flexibility index (Phi) is 3.94. The Morgan fingerprint density at radius 1 is 1.53 bits per heavy atom. The molecule has 0 saturated carbocycles. The van der Waals surface area contributed by atoms with Gasteiger partial charge in [0.2, 0.25) is 5.91 Å². The summed E-state index contributed by atoms with van der Waals surface area (Å²) in [5, 5.41) is 2.88. The summed E-state index contributed by atoms with van der Waals surface area (Å²) in [6.45, 7) is 1.97. The zero-order valence-electron chi connectivity index (χ0n) is 9.74. The third kappa shape index (κ3) is 3.16. The van der Waals surface area contributed by atoms with Crippen LogP contribution in [-0.4, -0.2) is 10.9 Å². The van der Waals surface area contributed by atoms with Gasteiger partial charge < -0.3 is 5.32 Å². The Labute approximate surface area is 109 Å². The minimum Gasteiger partial charge on any atom is -0.310 e. The third-order valence-electron chi connectivity index (χ3n) is 2.86. The maximum atomic E-state index is 12.0. The highest BCUT2D eigenvalue weighted by molar-refractivity contribution is 9.10. The maximum Gasteiger partial charge on any atom is 0.228 e. The van der Waals surface area contributed by atoms with E-state index in [2.05, 4.69) is 38.4 Å². The lowest BCUT2D eigenvalue weighted by molar-refractivity contribution is -0.120. The lowest BCUT2D eigenvalue weighted by Gasteiger charge is -2.17. The number of carbonyl (C=O) groups excluding carboxylic acids is 1. The van der Waals surface area contributed by atoms with Crippen LogP contribution in [0.5, 0.6) is 0 Å². The first kappa shape index (κ1) is 12.3. The molecule has 1 aliphatic carbocycles. The summed E-state index contributed by atoms with van der Waals surface area (Å²) in [4.78, 5) is 16.2. The molecule has 90 valence electrons. The highest BCUT2D eigenvalue weighted by atomic mass is 79.9. The quantitative estimate of drug-likeness (QED) is 0.849. The van der Waals surface area contributed by atoms with E-state index in [0.717, 1.165) is 29.3 Å².